The summed E-state index contributed by atoms with van der Waals surface area (Å²) >= 11 is 3.54. The summed E-state index contributed by atoms with van der Waals surface area (Å²) < 4.78 is 12.4. The van der Waals surface area contributed by atoms with E-state index in [9.17, 15) is 0 Å². The number of hydrogen-bond acceptors (Lipinski definition) is 3. The summed E-state index contributed by atoms with van der Waals surface area (Å²) in [5.41, 5.74) is 3.62. The van der Waals surface area contributed by atoms with E-state index in [2.05, 4.69) is 58.5 Å². The molecule has 0 aliphatic carbocycles. The van der Waals surface area contributed by atoms with Crippen LogP contribution in [0.5, 0.6) is 11.5 Å². The quantitative estimate of drug-likeness (QED) is 0.748. The number of rotatable bonds is 7. The predicted octanol–water partition coefficient (Wildman–Crippen LogP) is 4.84. The third-order valence-corrected chi connectivity index (χ3v) is 3.89. The van der Waals surface area contributed by atoms with Crippen molar-refractivity contribution in [2.75, 3.05) is 7.11 Å². The molecule has 0 unspecified atom stereocenters. The Hall–Kier alpha value is -1.52. The summed E-state index contributed by atoms with van der Waals surface area (Å²) in [5.74, 6) is 1.56. The fourth-order valence-electron chi connectivity index (χ4n) is 2.32. The van der Waals surface area contributed by atoms with Gasteiger partial charge >= 0.3 is 0 Å². The van der Waals surface area contributed by atoms with Crippen LogP contribution in [-0.2, 0) is 13.1 Å². The molecule has 0 aromatic heterocycles. The second-order valence-corrected chi connectivity index (χ2v) is 6.77. The number of ether oxygens (including phenoxy) is 2. The van der Waals surface area contributed by atoms with E-state index in [0.29, 0.717) is 6.54 Å². The van der Waals surface area contributed by atoms with Crippen LogP contribution in [0.3, 0.4) is 0 Å². The van der Waals surface area contributed by atoms with Crippen LogP contribution in [0.25, 0.3) is 0 Å². The molecule has 3 nitrogen and oxygen atoms in total. The van der Waals surface area contributed by atoms with Crippen LogP contribution in [0, 0.1) is 6.92 Å². The van der Waals surface area contributed by atoms with E-state index >= 15 is 0 Å². The Bertz CT molecular complexity index is 639. The number of halogens is 1. The van der Waals surface area contributed by atoms with Crippen molar-refractivity contribution in [2.45, 2.75) is 40.0 Å². The molecule has 0 aliphatic rings. The molecule has 2 aromatic rings. The molecule has 124 valence electrons. The molecule has 0 saturated heterocycles. The Morgan fingerprint density at radius 2 is 1.78 bits per heavy atom. The van der Waals surface area contributed by atoms with E-state index in [0.717, 1.165) is 28.1 Å². The van der Waals surface area contributed by atoms with Gasteiger partial charge in [-0.1, -0.05) is 45.8 Å². The molecule has 0 spiro atoms. The molecule has 1 N–H and O–H groups in total. The Balaban J connectivity index is 2.11. The smallest absolute Gasteiger partial charge is 0.166 e. The topological polar surface area (TPSA) is 30.5 Å². The van der Waals surface area contributed by atoms with Gasteiger partial charge in [-0.05, 0) is 38.5 Å². The molecule has 4 heteroatoms. The lowest BCUT2D eigenvalue weighted by molar-refractivity contribution is 0.227. The number of benzene rings is 2. The van der Waals surface area contributed by atoms with Crippen LogP contribution in [0.4, 0.5) is 0 Å². The monoisotopic (exact) mass is 377 g/mol. The van der Waals surface area contributed by atoms with Crippen LogP contribution in [0.1, 0.15) is 30.5 Å². The molecule has 0 radical (unpaired) electrons. The standard InChI is InChI=1S/C19H24BrNO2/c1-13(2)23-19-16(9-17(20)10-18(19)22-4)12-21-11-15-7-5-14(3)6-8-15/h5-10,13,21H,11-12H2,1-4H3. The normalized spacial score (nSPS) is 10.9. The Morgan fingerprint density at radius 3 is 2.39 bits per heavy atom. The maximum Gasteiger partial charge on any atom is 0.166 e. The van der Waals surface area contributed by atoms with Crippen molar-refractivity contribution in [2.24, 2.45) is 0 Å². The molecule has 0 saturated carbocycles. The van der Waals surface area contributed by atoms with Gasteiger partial charge < -0.3 is 14.8 Å². The number of methoxy groups -OCH3 is 1. The zero-order valence-electron chi connectivity index (χ0n) is 14.2. The average molecular weight is 378 g/mol. The maximum atomic E-state index is 5.96. The SMILES string of the molecule is COc1cc(Br)cc(CNCc2ccc(C)cc2)c1OC(C)C. The van der Waals surface area contributed by atoms with Crippen molar-refractivity contribution in [1.82, 2.24) is 5.32 Å². The van der Waals surface area contributed by atoms with Crippen molar-refractivity contribution in [3.05, 3.63) is 57.6 Å². The minimum atomic E-state index is 0.0981. The molecule has 0 amide bonds. The van der Waals surface area contributed by atoms with Crippen LogP contribution >= 0.6 is 15.9 Å². The molecule has 2 rings (SSSR count). The first kappa shape index (κ1) is 17.8. The predicted molar refractivity (Wildman–Crippen MR) is 98.2 cm³/mol. The van der Waals surface area contributed by atoms with E-state index in [4.69, 9.17) is 9.47 Å². The first-order valence-corrected chi connectivity index (χ1v) is 8.58. The third kappa shape index (κ3) is 5.26. The van der Waals surface area contributed by atoms with Gasteiger partial charge in [0, 0.05) is 23.1 Å². The summed E-state index contributed by atoms with van der Waals surface area (Å²) in [4.78, 5) is 0. The van der Waals surface area contributed by atoms with Crippen LogP contribution in [-0.4, -0.2) is 13.2 Å². The van der Waals surface area contributed by atoms with Crippen molar-refractivity contribution in [1.29, 1.82) is 0 Å². The molecule has 0 bridgehead atoms. The van der Waals surface area contributed by atoms with E-state index in [1.165, 1.54) is 11.1 Å². The molecule has 2 aromatic carbocycles. The first-order chi connectivity index (χ1) is 11.0. The lowest BCUT2D eigenvalue weighted by atomic mass is 10.1. The van der Waals surface area contributed by atoms with E-state index in [1.807, 2.05) is 19.9 Å². The Kier molecular flexibility index (Phi) is 6.48. The van der Waals surface area contributed by atoms with Crippen molar-refractivity contribution < 1.29 is 9.47 Å². The molecule has 0 atom stereocenters. The van der Waals surface area contributed by atoms with E-state index in [-0.39, 0.29) is 6.10 Å². The fourth-order valence-corrected chi connectivity index (χ4v) is 2.81. The summed E-state index contributed by atoms with van der Waals surface area (Å²) in [6, 6.07) is 12.6. The van der Waals surface area contributed by atoms with Gasteiger partial charge in [-0.25, -0.2) is 0 Å². The fraction of sp³-hybridized carbons (Fsp3) is 0.368. The lowest BCUT2D eigenvalue weighted by Gasteiger charge is -2.18. The Morgan fingerprint density at radius 1 is 1.09 bits per heavy atom. The number of hydrogen-bond donors (Lipinski definition) is 1. The molecule has 0 aliphatic heterocycles. The maximum absolute atomic E-state index is 5.96. The lowest BCUT2D eigenvalue weighted by Crippen LogP contribution is -2.15. The average Bonchev–Trinajstić information content (AvgIpc) is 2.51. The largest absolute Gasteiger partial charge is 0.493 e. The highest BCUT2D eigenvalue weighted by molar-refractivity contribution is 9.10. The summed E-state index contributed by atoms with van der Waals surface area (Å²) in [7, 11) is 1.67. The zero-order chi connectivity index (χ0) is 16.8. The van der Waals surface area contributed by atoms with Crippen molar-refractivity contribution in [3.63, 3.8) is 0 Å². The van der Waals surface area contributed by atoms with Crippen molar-refractivity contribution in [3.8, 4) is 11.5 Å². The van der Waals surface area contributed by atoms with Crippen LogP contribution < -0.4 is 14.8 Å². The van der Waals surface area contributed by atoms with Gasteiger partial charge in [-0.2, -0.15) is 0 Å². The Labute approximate surface area is 147 Å². The summed E-state index contributed by atoms with van der Waals surface area (Å²) in [5, 5.41) is 3.47. The molecule has 0 fully saturated rings. The molecule has 23 heavy (non-hydrogen) atoms. The molecule has 0 heterocycles. The van der Waals surface area contributed by atoms with E-state index < -0.39 is 0 Å². The number of aryl methyl sites for hydroxylation is 1. The highest BCUT2D eigenvalue weighted by Crippen LogP contribution is 2.35. The second-order valence-electron chi connectivity index (χ2n) is 5.85. The van der Waals surface area contributed by atoms with Gasteiger partial charge in [0.25, 0.3) is 0 Å². The van der Waals surface area contributed by atoms with Crippen molar-refractivity contribution >= 4 is 15.9 Å². The number of nitrogens with one attached hydrogen (secondary N) is 1. The highest BCUT2D eigenvalue weighted by atomic mass is 79.9. The van der Waals surface area contributed by atoms with Gasteiger partial charge in [0.1, 0.15) is 0 Å². The van der Waals surface area contributed by atoms with Gasteiger partial charge in [0.2, 0.25) is 0 Å². The summed E-state index contributed by atoms with van der Waals surface area (Å²) in [6.07, 6.45) is 0.0981. The molecular weight excluding hydrogens is 354 g/mol. The zero-order valence-corrected chi connectivity index (χ0v) is 15.7. The van der Waals surface area contributed by atoms with Crippen LogP contribution in [0.15, 0.2) is 40.9 Å². The van der Waals surface area contributed by atoms with Crippen LogP contribution in [0.2, 0.25) is 0 Å². The highest BCUT2D eigenvalue weighted by Gasteiger charge is 2.14. The second kappa shape index (κ2) is 8.37. The van der Waals surface area contributed by atoms with Gasteiger partial charge in [-0.3, -0.25) is 0 Å². The summed E-state index contributed by atoms with van der Waals surface area (Å²) in [6.45, 7) is 7.67. The minimum absolute atomic E-state index is 0.0981. The van der Waals surface area contributed by atoms with Gasteiger partial charge in [0.05, 0.1) is 13.2 Å². The van der Waals surface area contributed by atoms with E-state index in [1.54, 1.807) is 7.11 Å². The van der Waals surface area contributed by atoms with Gasteiger partial charge in [-0.15, -0.1) is 0 Å². The van der Waals surface area contributed by atoms with Gasteiger partial charge in [0.15, 0.2) is 11.5 Å². The minimum Gasteiger partial charge on any atom is -0.493 e. The third-order valence-electron chi connectivity index (χ3n) is 3.44. The first-order valence-electron chi connectivity index (χ1n) is 7.79. The molecular formula is C19H24BrNO2.